The predicted molar refractivity (Wildman–Crippen MR) is 107 cm³/mol. The number of hydrogen-bond donors (Lipinski definition) is 1. The summed E-state index contributed by atoms with van der Waals surface area (Å²) in [5, 5.41) is 4.89. The van der Waals surface area contributed by atoms with Crippen molar-refractivity contribution < 1.29 is 19.0 Å². The molecule has 2 aromatic rings. The van der Waals surface area contributed by atoms with Crippen molar-refractivity contribution in [3.63, 3.8) is 0 Å². The second-order valence-corrected chi connectivity index (χ2v) is 6.45. The number of nitrogens with zero attached hydrogens (tertiary/aromatic N) is 1. The average molecular weight is 432 g/mol. The van der Waals surface area contributed by atoms with Gasteiger partial charge in [-0.25, -0.2) is 5.43 Å². The molecule has 2 aromatic carbocycles. The maximum atomic E-state index is 12.1. The van der Waals surface area contributed by atoms with E-state index in [4.69, 9.17) is 49.0 Å². The lowest BCUT2D eigenvalue weighted by atomic mass is 10.1. The molecule has 0 aromatic heterocycles. The summed E-state index contributed by atoms with van der Waals surface area (Å²) >= 11 is 18.4. The highest BCUT2D eigenvalue weighted by molar-refractivity contribution is 6.38. The molecule has 0 aliphatic carbocycles. The quantitative estimate of drug-likeness (QED) is 0.522. The summed E-state index contributed by atoms with van der Waals surface area (Å²) in [6.45, 7) is 0. The first-order chi connectivity index (χ1) is 12.9. The highest BCUT2D eigenvalue weighted by Gasteiger charge is 2.16. The molecule has 0 saturated heterocycles. The van der Waals surface area contributed by atoms with Crippen molar-refractivity contribution in [1.82, 2.24) is 5.43 Å². The summed E-state index contributed by atoms with van der Waals surface area (Å²) < 4.78 is 15.5. The molecular weight excluding hydrogens is 415 g/mol. The molecule has 0 bridgehead atoms. The Kier molecular flexibility index (Phi) is 7.59. The second-order valence-electron chi connectivity index (χ2n) is 5.26. The summed E-state index contributed by atoms with van der Waals surface area (Å²) in [5.41, 5.74) is 3.52. The Morgan fingerprint density at radius 2 is 1.74 bits per heavy atom. The Morgan fingerprint density at radius 3 is 2.37 bits per heavy atom. The first-order valence-electron chi connectivity index (χ1n) is 7.65. The molecule has 0 fully saturated rings. The molecule has 0 heterocycles. The van der Waals surface area contributed by atoms with Crippen LogP contribution in [0.5, 0.6) is 17.2 Å². The van der Waals surface area contributed by atoms with Gasteiger partial charge in [0.1, 0.15) is 16.5 Å². The van der Waals surface area contributed by atoms with Crippen molar-refractivity contribution in [2.45, 2.75) is 6.42 Å². The predicted octanol–water partition coefficient (Wildman–Crippen LogP) is 4.37. The third-order valence-electron chi connectivity index (χ3n) is 3.57. The first kappa shape index (κ1) is 21.2. The number of nitrogens with one attached hydrogen (secondary N) is 1. The average Bonchev–Trinajstić information content (AvgIpc) is 2.64. The van der Waals surface area contributed by atoms with Crippen molar-refractivity contribution in [2.75, 3.05) is 21.3 Å². The van der Waals surface area contributed by atoms with Gasteiger partial charge >= 0.3 is 0 Å². The molecule has 0 unspecified atom stereocenters. The van der Waals surface area contributed by atoms with Crippen LogP contribution in [0.15, 0.2) is 29.4 Å². The Morgan fingerprint density at radius 1 is 1.04 bits per heavy atom. The largest absolute Gasteiger partial charge is 0.497 e. The van der Waals surface area contributed by atoms with Gasteiger partial charge in [-0.3, -0.25) is 4.79 Å². The van der Waals surface area contributed by atoms with E-state index in [1.54, 1.807) is 24.3 Å². The van der Waals surface area contributed by atoms with Crippen LogP contribution in [-0.4, -0.2) is 33.5 Å². The van der Waals surface area contributed by atoms with Gasteiger partial charge < -0.3 is 14.2 Å². The van der Waals surface area contributed by atoms with Gasteiger partial charge in [0.05, 0.1) is 39.0 Å². The molecule has 0 radical (unpaired) electrons. The molecule has 144 valence electrons. The van der Waals surface area contributed by atoms with Gasteiger partial charge in [0.2, 0.25) is 5.91 Å². The zero-order valence-electron chi connectivity index (χ0n) is 14.8. The fraction of sp³-hybridized carbons (Fsp3) is 0.222. The highest BCUT2D eigenvalue weighted by Crippen LogP contribution is 2.41. The third-order valence-corrected chi connectivity index (χ3v) is 4.56. The zero-order valence-corrected chi connectivity index (χ0v) is 17.1. The monoisotopic (exact) mass is 430 g/mol. The highest BCUT2D eigenvalue weighted by atomic mass is 35.5. The van der Waals surface area contributed by atoms with Crippen LogP contribution in [-0.2, 0) is 11.2 Å². The van der Waals surface area contributed by atoms with Gasteiger partial charge in [0.15, 0.2) is 5.75 Å². The molecule has 9 heteroatoms. The smallest absolute Gasteiger partial charge is 0.244 e. The summed E-state index contributed by atoms with van der Waals surface area (Å²) in [5.74, 6) is 0.875. The number of hydrogen-bond acceptors (Lipinski definition) is 5. The normalized spacial score (nSPS) is 10.7. The van der Waals surface area contributed by atoms with E-state index >= 15 is 0 Å². The van der Waals surface area contributed by atoms with Gasteiger partial charge in [-0.05, 0) is 29.8 Å². The Labute approximate surface area is 172 Å². The topological polar surface area (TPSA) is 69.2 Å². The minimum absolute atomic E-state index is 0.0363. The van der Waals surface area contributed by atoms with Crippen molar-refractivity contribution in [1.29, 1.82) is 0 Å². The standard InChI is InChI=1S/C18H17Cl3N2O4/c1-25-12-4-5-13(19)10(6-12)8-15(24)23-22-9-11-7-14(20)18(27-3)16(21)17(11)26-2/h4-7,9H,8H2,1-3H3,(H,23,24)/b22-9+. The van der Waals surface area contributed by atoms with E-state index < -0.39 is 0 Å². The minimum atomic E-state index is -0.355. The maximum absolute atomic E-state index is 12.1. The van der Waals surface area contributed by atoms with E-state index in [1.165, 1.54) is 27.5 Å². The molecule has 0 aliphatic heterocycles. The van der Waals surface area contributed by atoms with E-state index in [0.29, 0.717) is 38.4 Å². The van der Waals surface area contributed by atoms with Crippen LogP contribution in [0.25, 0.3) is 0 Å². The van der Waals surface area contributed by atoms with Gasteiger partial charge in [-0.2, -0.15) is 5.10 Å². The molecule has 0 aliphatic rings. The second kappa shape index (κ2) is 9.69. The van der Waals surface area contributed by atoms with E-state index in [2.05, 4.69) is 10.5 Å². The number of benzene rings is 2. The van der Waals surface area contributed by atoms with E-state index in [9.17, 15) is 4.79 Å². The van der Waals surface area contributed by atoms with Crippen molar-refractivity contribution in [3.05, 3.63) is 50.5 Å². The lowest BCUT2D eigenvalue weighted by Crippen LogP contribution is -2.20. The molecule has 1 N–H and O–H groups in total. The van der Waals surface area contributed by atoms with Crippen LogP contribution in [0.4, 0.5) is 0 Å². The van der Waals surface area contributed by atoms with E-state index in [1.807, 2.05) is 0 Å². The Bertz CT molecular complexity index is 872. The maximum Gasteiger partial charge on any atom is 0.244 e. The van der Waals surface area contributed by atoms with Crippen molar-refractivity contribution in [2.24, 2.45) is 5.10 Å². The van der Waals surface area contributed by atoms with Crippen LogP contribution in [0, 0.1) is 0 Å². The van der Waals surface area contributed by atoms with E-state index in [0.717, 1.165) is 0 Å². The molecule has 0 atom stereocenters. The fourth-order valence-corrected chi connectivity index (χ4v) is 3.18. The molecule has 2 rings (SSSR count). The van der Waals surface area contributed by atoms with Crippen molar-refractivity contribution >= 4 is 46.9 Å². The number of rotatable bonds is 7. The molecule has 6 nitrogen and oxygen atoms in total. The van der Waals surface area contributed by atoms with Crippen LogP contribution in [0.1, 0.15) is 11.1 Å². The summed E-state index contributed by atoms with van der Waals surface area (Å²) in [4.78, 5) is 12.1. The molecule has 0 saturated carbocycles. The number of amides is 1. The third kappa shape index (κ3) is 5.19. The number of methoxy groups -OCH3 is 3. The number of carbonyl (C=O) groups is 1. The lowest BCUT2D eigenvalue weighted by molar-refractivity contribution is -0.120. The number of ether oxygens (including phenoxy) is 3. The lowest BCUT2D eigenvalue weighted by Gasteiger charge is -2.12. The van der Waals surface area contributed by atoms with Crippen LogP contribution >= 0.6 is 34.8 Å². The Balaban J connectivity index is 2.12. The number of hydrazone groups is 1. The van der Waals surface area contributed by atoms with E-state index in [-0.39, 0.29) is 17.4 Å². The first-order valence-corrected chi connectivity index (χ1v) is 8.79. The van der Waals surface area contributed by atoms with Crippen LogP contribution in [0.3, 0.4) is 0 Å². The van der Waals surface area contributed by atoms with Gasteiger partial charge in [-0.15, -0.1) is 0 Å². The molecule has 27 heavy (non-hydrogen) atoms. The van der Waals surface area contributed by atoms with Crippen LogP contribution < -0.4 is 19.6 Å². The van der Waals surface area contributed by atoms with Crippen LogP contribution in [0.2, 0.25) is 15.1 Å². The van der Waals surface area contributed by atoms with Gasteiger partial charge in [-0.1, -0.05) is 34.8 Å². The van der Waals surface area contributed by atoms with Crippen molar-refractivity contribution in [3.8, 4) is 17.2 Å². The summed E-state index contributed by atoms with van der Waals surface area (Å²) in [6, 6.07) is 6.64. The van der Waals surface area contributed by atoms with Gasteiger partial charge in [0, 0.05) is 10.6 Å². The minimum Gasteiger partial charge on any atom is -0.497 e. The molecular formula is C18H17Cl3N2O4. The van der Waals surface area contributed by atoms with Gasteiger partial charge in [0.25, 0.3) is 0 Å². The number of carbonyl (C=O) groups excluding carboxylic acids is 1. The molecule has 0 spiro atoms. The number of halogens is 3. The zero-order chi connectivity index (χ0) is 20.0. The molecule has 1 amide bonds. The summed E-state index contributed by atoms with van der Waals surface area (Å²) in [6.07, 6.45) is 1.41. The Hall–Kier alpha value is -2.15. The summed E-state index contributed by atoms with van der Waals surface area (Å²) in [7, 11) is 4.44. The SMILES string of the molecule is COc1ccc(Cl)c(CC(=O)N/N=C/c2cc(Cl)c(OC)c(Cl)c2OC)c1. The fourth-order valence-electron chi connectivity index (χ4n) is 2.29.